The summed E-state index contributed by atoms with van der Waals surface area (Å²) < 4.78 is 45.4. The summed E-state index contributed by atoms with van der Waals surface area (Å²) >= 11 is 0. The highest BCUT2D eigenvalue weighted by molar-refractivity contribution is 7.89. The monoisotopic (exact) mass is 594 g/mol. The van der Waals surface area contributed by atoms with Crippen molar-refractivity contribution >= 4 is 21.7 Å². The van der Waals surface area contributed by atoms with Gasteiger partial charge in [-0.2, -0.15) is 4.72 Å². The van der Waals surface area contributed by atoms with E-state index in [2.05, 4.69) is 9.62 Å². The van der Waals surface area contributed by atoms with Crippen LogP contribution in [0.1, 0.15) is 50.3 Å². The maximum atomic E-state index is 13.2. The Morgan fingerprint density at radius 3 is 2.55 bits per heavy atom. The fourth-order valence-electron chi connectivity index (χ4n) is 5.47. The Morgan fingerprint density at radius 1 is 1.10 bits per heavy atom. The lowest BCUT2D eigenvalue weighted by Gasteiger charge is -2.35. The molecule has 2 aliphatic heterocycles. The highest BCUT2D eigenvalue weighted by Crippen LogP contribution is 2.32. The molecule has 3 aromatic carbocycles. The number of hydrogen-bond acceptors (Lipinski definition) is 8. The summed E-state index contributed by atoms with van der Waals surface area (Å²) in [5, 5.41) is 11.1. The molecular weight excluding hydrogens is 556 g/mol. The number of aryl methyl sites for hydroxylation is 1. The van der Waals surface area contributed by atoms with Gasteiger partial charge in [-0.1, -0.05) is 30.3 Å². The second kappa shape index (κ2) is 12.3. The molecule has 42 heavy (non-hydrogen) atoms. The first-order chi connectivity index (χ1) is 20.0. The molecule has 0 spiro atoms. The Bertz CT molecular complexity index is 1520. The average molecular weight is 595 g/mol. The molecule has 0 fully saturated rings. The number of sulfonamides is 1. The summed E-state index contributed by atoms with van der Waals surface area (Å²) in [5.41, 5.74) is 3.36. The normalized spacial score (nSPS) is 17.0. The Morgan fingerprint density at radius 2 is 1.88 bits per heavy atom. The van der Waals surface area contributed by atoms with Crippen LogP contribution in [0.4, 0.5) is 5.69 Å². The molecule has 2 bridgehead atoms. The molecule has 2 atom stereocenters. The van der Waals surface area contributed by atoms with Gasteiger partial charge in [0.05, 0.1) is 6.54 Å². The maximum absolute atomic E-state index is 13.2. The van der Waals surface area contributed by atoms with Gasteiger partial charge in [0.2, 0.25) is 10.0 Å². The summed E-state index contributed by atoms with van der Waals surface area (Å²) in [6, 6.07) is 20.6. The van der Waals surface area contributed by atoms with E-state index in [1.807, 2.05) is 75.4 Å². The topological polar surface area (TPSA) is 114 Å². The van der Waals surface area contributed by atoms with E-state index in [1.165, 1.54) is 5.56 Å². The number of rotatable bonds is 10. The zero-order chi connectivity index (χ0) is 29.9. The molecule has 0 saturated heterocycles. The summed E-state index contributed by atoms with van der Waals surface area (Å²) in [7, 11) is -4.01. The number of aliphatic hydroxyl groups is 1. The third kappa shape index (κ3) is 7.42. The molecule has 0 saturated carbocycles. The third-order valence-electron chi connectivity index (χ3n) is 7.27. The number of ether oxygens (including phenoxy) is 3. The Labute approximate surface area is 247 Å². The Kier molecular flexibility index (Phi) is 8.77. The number of nitrogens with one attached hydrogen (secondary N) is 1. The van der Waals surface area contributed by atoms with Crippen LogP contribution in [0.3, 0.4) is 0 Å². The largest absolute Gasteiger partial charge is 0.487 e. The molecule has 0 aromatic heterocycles. The van der Waals surface area contributed by atoms with E-state index >= 15 is 0 Å². The smallest absolute Gasteiger partial charge is 0.344 e. The fraction of sp³-hybridized carbons (Fsp3) is 0.406. The van der Waals surface area contributed by atoms with Crippen LogP contribution in [-0.2, 0) is 39.0 Å². The number of hydrogen-bond donors (Lipinski definition) is 2. The van der Waals surface area contributed by atoms with Crippen molar-refractivity contribution in [2.75, 3.05) is 18.1 Å². The van der Waals surface area contributed by atoms with E-state index in [9.17, 15) is 18.3 Å². The van der Waals surface area contributed by atoms with Crippen LogP contribution >= 0.6 is 0 Å². The fourth-order valence-corrected chi connectivity index (χ4v) is 6.73. The van der Waals surface area contributed by atoms with Crippen molar-refractivity contribution in [1.29, 1.82) is 0 Å². The van der Waals surface area contributed by atoms with Crippen molar-refractivity contribution < 1.29 is 32.5 Å². The number of fused-ring (bicyclic) bond motifs is 4. The summed E-state index contributed by atoms with van der Waals surface area (Å²) in [4.78, 5) is 14.3. The molecule has 2 N–H and O–H groups in total. The second-order valence-corrected chi connectivity index (χ2v) is 13.4. The van der Waals surface area contributed by atoms with Crippen LogP contribution in [0.15, 0.2) is 71.6 Å². The summed E-state index contributed by atoms with van der Waals surface area (Å²) in [6.07, 6.45) is 1.95. The summed E-state index contributed by atoms with van der Waals surface area (Å²) in [6.45, 7) is 5.65. The number of aliphatic hydroxyl groups excluding tert-OH is 1. The number of carbonyl (C=O) groups is 1. The van der Waals surface area contributed by atoms with Crippen LogP contribution in [0.2, 0.25) is 0 Å². The molecule has 1 unspecified atom stereocenters. The van der Waals surface area contributed by atoms with E-state index in [4.69, 9.17) is 14.2 Å². The van der Waals surface area contributed by atoms with Gasteiger partial charge < -0.3 is 24.2 Å². The second-order valence-electron chi connectivity index (χ2n) is 11.8. The van der Waals surface area contributed by atoms with E-state index in [-0.39, 0.29) is 29.8 Å². The minimum Gasteiger partial charge on any atom is -0.487 e. The van der Waals surface area contributed by atoms with Gasteiger partial charge in [0, 0.05) is 11.7 Å². The molecule has 3 aromatic rings. The van der Waals surface area contributed by atoms with Crippen molar-refractivity contribution in [2.24, 2.45) is 0 Å². The van der Waals surface area contributed by atoms with E-state index in [0.717, 1.165) is 36.1 Å². The standard InChI is InChI=1S/C32H38N2O7S/c1-32(2,3)41-31(36)21-39-27-14-13-23-8-7-11-26(17-24(23)18-27)34(25-9-5-4-6-10-25)19-30(35)33-42(37,38)29-16-22-12-15-28(29)40-20-22/h4-6,9-10,12-16,18,26,30,33,35H,7-8,11,17,19-21H2,1-3H3/t26?,30-/m1/s1. The van der Waals surface area contributed by atoms with E-state index in [0.29, 0.717) is 18.8 Å². The van der Waals surface area contributed by atoms with Crippen LogP contribution in [0, 0.1) is 0 Å². The van der Waals surface area contributed by atoms with Crippen molar-refractivity contribution in [3.05, 3.63) is 83.4 Å². The number of esters is 1. The quantitative estimate of drug-likeness (QED) is 0.202. The molecule has 10 heteroatoms. The molecular formula is C32H38N2O7S. The SMILES string of the molecule is CC(C)(C)OC(=O)COc1ccc2c(c1)CC(N(C[C@@H](O)NS(=O)(=O)c1cc3ccc1OC3)c1ccccc1)CCC2. The molecule has 1 aliphatic carbocycles. The van der Waals surface area contributed by atoms with Crippen LogP contribution in [0.25, 0.3) is 0 Å². The van der Waals surface area contributed by atoms with E-state index in [1.54, 1.807) is 12.1 Å². The molecule has 3 aliphatic rings. The lowest BCUT2D eigenvalue weighted by Crippen LogP contribution is -2.48. The van der Waals surface area contributed by atoms with Crippen molar-refractivity contribution in [3.63, 3.8) is 0 Å². The predicted molar refractivity (Wildman–Crippen MR) is 159 cm³/mol. The maximum Gasteiger partial charge on any atom is 0.344 e. The van der Waals surface area contributed by atoms with Gasteiger partial charge in [0.1, 0.15) is 34.8 Å². The lowest BCUT2D eigenvalue weighted by molar-refractivity contribution is -0.157. The van der Waals surface area contributed by atoms with Gasteiger partial charge in [-0.15, -0.1) is 0 Å². The predicted octanol–water partition coefficient (Wildman–Crippen LogP) is 4.35. The number of para-hydroxylation sites is 1. The Hall–Kier alpha value is -3.60. The molecule has 0 amide bonds. The van der Waals surface area contributed by atoms with E-state index < -0.39 is 27.8 Å². The minimum absolute atomic E-state index is 0.0185. The highest BCUT2D eigenvalue weighted by atomic mass is 32.2. The minimum atomic E-state index is -4.01. The first-order valence-electron chi connectivity index (χ1n) is 14.2. The van der Waals surface area contributed by atoms with Gasteiger partial charge >= 0.3 is 5.97 Å². The van der Waals surface area contributed by atoms with Gasteiger partial charge in [0.25, 0.3) is 0 Å². The first-order valence-corrected chi connectivity index (χ1v) is 15.7. The molecule has 9 nitrogen and oxygen atoms in total. The zero-order valence-corrected chi connectivity index (χ0v) is 25.0. The van der Waals surface area contributed by atoms with Gasteiger partial charge in [0.15, 0.2) is 6.61 Å². The lowest BCUT2D eigenvalue weighted by atomic mass is 10.00. The number of benzene rings is 3. The van der Waals surface area contributed by atoms with Crippen molar-refractivity contribution in [3.8, 4) is 11.5 Å². The van der Waals surface area contributed by atoms with Gasteiger partial charge in [-0.05, 0) is 99.5 Å². The van der Waals surface area contributed by atoms with Crippen LogP contribution in [-0.4, -0.2) is 50.5 Å². The van der Waals surface area contributed by atoms with Crippen molar-refractivity contribution in [1.82, 2.24) is 4.72 Å². The number of nitrogens with zero attached hydrogens (tertiary/aromatic N) is 1. The number of carbonyl (C=O) groups excluding carboxylic acids is 1. The third-order valence-corrected chi connectivity index (χ3v) is 8.76. The molecule has 224 valence electrons. The van der Waals surface area contributed by atoms with Crippen LogP contribution < -0.4 is 19.1 Å². The Balaban J connectivity index is 1.33. The van der Waals surface area contributed by atoms with Gasteiger partial charge in [-0.3, -0.25) is 0 Å². The van der Waals surface area contributed by atoms with Gasteiger partial charge in [-0.25, -0.2) is 13.2 Å². The highest BCUT2D eigenvalue weighted by Gasteiger charge is 2.30. The molecule has 6 rings (SSSR count). The zero-order valence-electron chi connectivity index (χ0n) is 24.2. The molecule has 2 heterocycles. The van der Waals surface area contributed by atoms with Crippen molar-refractivity contribution in [2.45, 2.75) is 75.8 Å². The summed E-state index contributed by atoms with van der Waals surface area (Å²) in [5.74, 6) is 0.425. The first kappa shape index (κ1) is 29.9. The number of anilines is 1. The average Bonchev–Trinajstić information content (AvgIpc) is 3.17. The molecule has 0 radical (unpaired) electrons. The van der Waals surface area contributed by atoms with Crippen LogP contribution in [0.5, 0.6) is 11.5 Å².